The zero-order chi connectivity index (χ0) is 10.4. The van der Waals surface area contributed by atoms with Crippen LogP contribution in [0.15, 0.2) is 24.3 Å². The molecule has 0 aliphatic carbocycles. The molecule has 14 heavy (non-hydrogen) atoms. The molecule has 0 heterocycles. The number of rotatable bonds is 5. The normalized spacial score (nSPS) is 12.5. The Bertz CT molecular complexity index is 278. The van der Waals surface area contributed by atoms with Crippen molar-refractivity contribution in [3.63, 3.8) is 0 Å². The van der Waals surface area contributed by atoms with E-state index in [1.165, 1.54) is 0 Å². The lowest BCUT2D eigenvalue weighted by Crippen LogP contribution is -2.12. The lowest BCUT2D eigenvalue weighted by atomic mass is 10.1. The first-order chi connectivity index (χ1) is 6.77. The maximum absolute atomic E-state index is 5.99. The summed E-state index contributed by atoms with van der Waals surface area (Å²) in [5, 5.41) is 0. The standard InChI is InChI=1S/C11H17NOS/c1-3-13-10-6-4-5-9(7-10)11(12)8-14-2/h4-7,11H,3,8,12H2,1-2H3. The van der Waals surface area contributed by atoms with Gasteiger partial charge in [-0.3, -0.25) is 0 Å². The number of nitrogens with two attached hydrogens (primary N) is 1. The van der Waals surface area contributed by atoms with Crippen LogP contribution in [0, 0.1) is 0 Å². The molecule has 1 aromatic rings. The molecule has 0 amide bonds. The predicted octanol–water partition coefficient (Wildman–Crippen LogP) is 2.45. The second-order valence-corrected chi connectivity index (χ2v) is 3.98. The maximum atomic E-state index is 5.99. The average molecular weight is 211 g/mol. The molecule has 0 spiro atoms. The van der Waals surface area contributed by atoms with Gasteiger partial charge >= 0.3 is 0 Å². The van der Waals surface area contributed by atoms with Gasteiger partial charge < -0.3 is 10.5 Å². The van der Waals surface area contributed by atoms with E-state index in [2.05, 4.69) is 6.26 Å². The molecule has 3 heteroatoms. The van der Waals surface area contributed by atoms with E-state index in [9.17, 15) is 0 Å². The Kier molecular flexibility index (Phi) is 4.84. The largest absolute Gasteiger partial charge is 0.494 e. The summed E-state index contributed by atoms with van der Waals surface area (Å²) < 4.78 is 5.41. The van der Waals surface area contributed by atoms with Gasteiger partial charge in [0.25, 0.3) is 0 Å². The molecule has 0 aliphatic rings. The van der Waals surface area contributed by atoms with E-state index in [-0.39, 0.29) is 6.04 Å². The van der Waals surface area contributed by atoms with E-state index in [1.54, 1.807) is 11.8 Å². The molecule has 2 nitrogen and oxygen atoms in total. The third-order valence-corrected chi connectivity index (χ3v) is 2.64. The first-order valence-corrected chi connectivity index (χ1v) is 6.14. The van der Waals surface area contributed by atoms with Crippen molar-refractivity contribution >= 4 is 11.8 Å². The fraction of sp³-hybridized carbons (Fsp3) is 0.455. The molecule has 0 saturated carbocycles. The average Bonchev–Trinajstić information content (AvgIpc) is 2.19. The zero-order valence-electron chi connectivity index (χ0n) is 8.69. The highest BCUT2D eigenvalue weighted by Crippen LogP contribution is 2.19. The van der Waals surface area contributed by atoms with Crippen LogP contribution < -0.4 is 10.5 Å². The third-order valence-electron chi connectivity index (χ3n) is 1.94. The van der Waals surface area contributed by atoms with Crippen molar-refractivity contribution in [2.45, 2.75) is 13.0 Å². The topological polar surface area (TPSA) is 35.2 Å². The van der Waals surface area contributed by atoms with Crippen molar-refractivity contribution in [2.24, 2.45) is 5.73 Å². The molecule has 1 aromatic carbocycles. The predicted molar refractivity (Wildman–Crippen MR) is 62.9 cm³/mol. The van der Waals surface area contributed by atoms with E-state index < -0.39 is 0 Å². The fourth-order valence-corrected chi connectivity index (χ4v) is 1.83. The van der Waals surface area contributed by atoms with Crippen molar-refractivity contribution in [1.29, 1.82) is 0 Å². The lowest BCUT2D eigenvalue weighted by molar-refractivity contribution is 0.339. The van der Waals surface area contributed by atoms with Crippen molar-refractivity contribution in [3.8, 4) is 5.75 Å². The fourth-order valence-electron chi connectivity index (χ4n) is 1.28. The maximum Gasteiger partial charge on any atom is 0.119 e. The molecule has 1 atom stereocenters. The van der Waals surface area contributed by atoms with Gasteiger partial charge in [-0.15, -0.1) is 0 Å². The second-order valence-electron chi connectivity index (χ2n) is 3.07. The molecule has 0 saturated heterocycles. The van der Waals surface area contributed by atoms with Gasteiger partial charge in [0.05, 0.1) is 6.61 Å². The number of hydrogen-bond donors (Lipinski definition) is 1. The van der Waals surface area contributed by atoms with E-state index in [0.717, 1.165) is 17.1 Å². The van der Waals surface area contributed by atoms with E-state index in [4.69, 9.17) is 10.5 Å². The minimum absolute atomic E-state index is 0.102. The molecule has 1 rings (SSSR count). The van der Waals surface area contributed by atoms with Crippen LogP contribution in [0.1, 0.15) is 18.5 Å². The van der Waals surface area contributed by atoms with Crippen LogP contribution in [0.4, 0.5) is 0 Å². The highest BCUT2D eigenvalue weighted by atomic mass is 32.2. The van der Waals surface area contributed by atoms with Gasteiger partial charge in [-0.05, 0) is 30.9 Å². The minimum atomic E-state index is 0.102. The van der Waals surface area contributed by atoms with Gasteiger partial charge in [0, 0.05) is 11.8 Å². The molecule has 2 N–H and O–H groups in total. The van der Waals surface area contributed by atoms with Gasteiger partial charge in [0.15, 0.2) is 0 Å². The second kappa shape index (κ2) is 5.94. The Balaban J connectivity index is 2.71. The quantitative estimate of drug-likeness (QED) is 0.812. The monoisotopic (exact) mass is 211 g/mol. The van der Waals surface area contributed by atoms with Crippen LogP contribution >= 0.6 is 11.8 Å². The Morgan fingerprint density at radius 3 is 2.93 bits per heavy atom. The first-order valence-electron chi connectivity index (χ1n) is 4.75. The van der Waals surface area contributed by atoms with Crippen molar-refractivity contribution in [3.05, 3.63) is 29.8 Å². The molecular formula is C11H17NOS. The molecule has 0 radical (unpaired) electrons. The molecule has 0 aliphatic heterocycles. The highest BCUT2D eigenvalue weighted by Gasteiger charge is 2.05. The van der Waals surface area contributed by atoms with Crippen LogP contribution in [0.3, 0.4) is 0 Å². The van der Waals surface area contributed by atoms with Crippen LogP contribution in [-0.4, -0.2) is 18.6 Å². The lowest BCUT2D eigenvalue weighted by Gasteiger charge is -2.11. The minimum Gasteiger partial charge on any atom is -0.494 e. The van der Waals surface area contributed by atoms with Gasteiger partial charge in [-0.2, -0.15) is 11.8 Å². The van der Waals surface area contributed by atoms with Crippen LogP contribution in [0.5, 0.6) is 5.75 Å². The number of thioether (sulfide) groups is 1. The summed E-state index contributed by atoms with van der Waals surface area (Å²) >= 11 is 1.76. The van der Waals surface area contributed by atoms with Crippen molar-refractivity contribution in [2.75, 3.05) is 18.6 Å². The smallest absolute Gasteiger partial charge is 0.119 e. The number of hydrogen-bond acceptors (Lipinski definition) is 3. The summed E-state index contributed by atoms with van der Waals surface area (Å²) in [6.07, 6.45) is 2.06. The van der Waals surface area contributed by atoms with Gasteiger partial charge in [-0.25, -0.2) is 0 Å². The molecule has 78 valence electrons. The molecular weight excluding hydrogens is 194 g/mol. The third kappa shape index (κ3) is 3.24. The Hall–Kier alpha value is -0.670. The highest BCUT2D eigenvalue weighted by molar-refractivity contribution is 7.98. The first kappa shape index (κ1) is 11.4. The Morgan fingerprint density at radius 2 is 2.29 bits per heavy atom. The molecule has 0 bridgehead atoms. The van der Waals surface area contributed by atoms with Crippen LogP contribution in [0.25, 0.3) is 0 Å². The van der Waals surface area contributed by atoms with E-state index in [0.29, 0.717) is 6.61 Å². The summed E-state index contributed by atoms with van der Waals surface area (Å²) in [6, 6.07) is 8.11. The van der Waals surface area contributed by atoms with Gasteiger partial charge in [0.2, 0.25) is 0 Å². The summed E-state index contributed by atoms with van der Waals surface area (Å²) in [5.41, 5.74) is 7.14. The number of benzene rings is 1. The SMILES string of the molecule is CCOc1cccc(C(N)CSC)c1. The zero-order valence-corrected chi connectivity index (χ0v) is 9.51. The molecule has 0 aromatic heterocycles. The van der Waals surface area contributed by atoms with Gasteiger partial charge in [0.1, 0.15) is 5.75 Å². The summed E-state index contributed by atoms with van der Waals surface area (Å²) in [7, 11) is 0. The van der Waals surface area contributed by atoms with Crippen molar-refractivity contribution in [1.82, 2.24) is 0 Å². The van der Waals surface area contributed by atoms with Crippen LogP contribution in [0.2, 0.25) is 0 Å². The Labute approximate surface area is 89.8 Å². The summed E-state index contributed by atoms with van der Waals surface area (Å²) in [4.78, 5) is 0. The molecule has 1 unspecified atom stereocenters. The van der Waals surface area contributed by atoms with E-state index >= 15 is 0 Å². The van der Waals surface area contributed by atoms with Gasteiger partial charge in [-0.1, -0.05) is 12.1 Å². The van der Waals surface area contributed by atoms with Crippen LogP contribution in [-0.2, 0) is 0 Å². The Morgan fingerprint density at radius 1 is 1.50 bits per heavy atom. The summed E-state index contributed by atoms with van der Waals surface area (Å²) in [6.45, 7) is 2.68. The van der Waals surface area contributed by atoms with E-state index in [1.807, 2.05) is 31.2 Å². The number of ether oxygens (including phenoxy) is 1. The molecule has 0 fully saturated rings. The summed E-state index contributed by atoms with van der Waals surface area (Å²) in [5.74, 6) is 1.84. The van der Waals surface area contributed by atoms with Crippen molar-refractivity contribution < 1.29 is 4.74 Å².